The molecule has 0 aliphatic carbocycles. The van der Waals surface area contributed by atoms with E-state index in [2.05, 4.69) is 45.7 Å². The molecule has 2 aromatic heterocycles. The molecule has 1 unspecified atom stereocenters. The number of carbonyl (C=O) groups excluding carboxylic acids is 1. The highest BCUT2D eigenvalue weighted by Crippen LogP contribution is 2.37. The second kappa shape index (κ2) is 10.9. The standard InChI is InChI=1S/C27H33N5O5S/c1-18-15-27(2,3)32(17-18)25-20(8-7-13-28-25)26(33)31-38(34,35)24-10-6-9-23(30-24)29-16-19-11-12-21(36-4)22(14-19)37-5/h6-14,18H,15-17H2,1-5H3,(H,29,30)(H,31,33). The zero-order valence-electron chi connectivity index (χ0n) is 22.2. The molecule has 1 saturated heterocycles. The van der Waals surface area contributed by atoms with Gasteiger partial charge in [0.25, 0.3) is 15.9 Å². The third-order valence-corrected chi connectivity index (χ3v) is 7.74. The molecule has 1 aliphatic heterocycles. The topological polar surface area (TPSA) is 123 Å². The first kappa shape index (κ1) is 27.2. The molecule has 4 rings (SSSR count). The van der Waals surface area contributed by atoms with Crippen molar-refractivity contribution >= 4 is 27.6 Å². The maximum absolute atomic E-state index is 13.2. The minimum atomic E-state index is -4.25. The van der Waals surface area contributed by atoms with Crippen molar-refractivity contribution < 1.29 is 22.7 Å². The number of ether oxygens (including phenoxy) is 2. The first-order valence-corrected chi connectivity index (χ1v) is 13.7. The summed E-state index contributed by atoms with van der Waals surface area (Å²) in [5, 5.41) is 2.83. The summed E-state index contributed by atoms with van der Waals surface area (Å²) in [4.78, 5) is 23.9. The maximum Gasteiger partial charge on any atom is 0.281 e. The van der Waals surface area contributed by atoms with Crippen molar-refractivity contribution in [2.75, 3.05) is 31.0 Å². The number of hydrogen-bond donors (Lipinski definition) is 2. The summed E-state index contributed by atoms with van der Waals surface area (Å²) < 4.78 is 39.0. The Kier molecular flexibility index (Phi) is 7.77. The summed E-state index contributed by atoms with van der Waals surface area (Å²) in [5.74, 6) is 1.66. The van der Waals surface area contributed by atoms with E-state index in [9.17, 15) is 13.2 Å². The van der Waals surface area contributed by atoms with Crippen molar-refractivity contribution in [2.24, 2.45) is 5.92 Å². The molecule has 3 aromatic rings. The van der Waals surface area contributed by atoms with E-state index in [0.717, 1.165) is 18.5 Å². The lowest BCUT2D eigenvalue weighted by Gasteiger charge is -2.33. The average Bonchev–Trinajstić information content (AvgIpc) is 3.18. The molecule has 38 heavy (non-hydrogen) atoms. The van der Waals surface area contributed by atoms with Gasteiger partial charge in [-0.3, -0.25) is 4.79 Å². The Morgan fingerprint density at radius 2 is 1.87 bits per heavy atom. The highest BCUT2D eigenvalue weighted by atomic mass is 32.2. The molecule has 11 heteroatoms. The Morgan fingerprint density at radius 1 is 1.11 bits per heavy atom. The van der Waals surface area contributed by atoms with E-state index in [1.807, 2.05) is 12.1 Å². The van der Waals surface area contributed by atoms with Crippen LogP contribution in [0, 0.1) is 5.92 Å². The lowest BCUT2D eigenvalue weighted by molar-refractivity contribution is 0.0981. The SMILES string of the molecule is COc1ccc(CNc2cccc(S(=O)(=O)NC(=O)c3cccnc3N3CC(C)CC3(C)C)n2)cc1OC. The molecular formula is C27H33N5O5S. The molecule has 2 N–H and O–H groups in total. The van der Waals surface area contributed by atoms with Crippen LogP contribution >= 0.6 is 0 Å². The number of sulfonamides is 1. The predicted molar refractivity (Wildman–Crippen MR) is 145 cm³/mol. The summed E-state index contributed by atoms with van der Waals surface area (Å²) in [7, 11) is -1.13. The van der Waals surface area contributed by atoms with Gasteiger partial charge in [-0.25, -0.2) is 14.7 Å². The number of carbonyl (C=O) groups is 1. The second-order valence-electron chi connectivity index (χ2n) is 9.95. The second-order valence-corrected chi connectivity index (χ2v) is 11.6. The molecule has 1 aliphatic rings. The largest absolute Gasteiger partial charge is 0.493 e. The van der Waals surface area contributed by atoms with Crippen LogP contribution in [0.4, 0.5) is 11.6 Å². The van der Waals surface area contributed by atoms with E-state index in [-0.39, 0.29) is 16.1 Å². The summed E-state index contributed by atoms with van der Waals surface area (Å²) >= 11 is 0. The highest BCUT2D eigenvalue weighted by Gasteiger charge is 2.39. The van der Waals surface area contributed by atoms with Crippen LogP contribution in [0.1, 0.15) is 43.1 Å². The fraction of sp³-hybridized carbons (Fsp3) is 0.370. The van der Waals surface area contributed by atoms with Gasteiger partial charge in [0.15, 0.2) is 16.5 Å². The molecule has 0 radical (unpaired) electrons. The van der Waals surface area contributed by atoms with Crippen LogP contribution in [0.3, 0.4) is 0 Å². The number of nitrogens with zero attached hydrogens (tertiary/aromatic N) is 3. The Hall–Kier alpha value is -3.86. The Bertz CT molecular complexity index is 1430. The van der Waals surface area contributed by atoms with E-state index in [4.69, 9.17) is 9.47 Å². The van der Waals surface area contributed by atoms with Gasteiger partial charge in [-0.05, 0) is 68.1 Å². The number of hydrogen-bond acceptors (Lipinski definition) is 9. The smallest absolute Gasteiger partial charge is 0.281 e. The Labute approximate surface area is 223 Å². The molecule has 10 nitrogen and oxygen atoms in total. The third kappa shape index (κ3) is 5.83. The van der Waals surface area contributed by atoms with Gasteiger partial charge in [0.1, 0.15) is 11.6 Å². The lowest BCUT2D eigenvalue weighted by Crippen LogP contribution is -2.41. The summed E-state index contributed by atoms with van der Waals surface area (Å²) in [6.07, 6.45) is 2.55. The van der Waals surface area contributed by atoms with Gasteiger partial charge in [-0.15, -0.1) is 0 Å². The summed E-state index contributed by atoms with van der Waals surface area (Å²) in [5.41, 5.74) is 0.868. The van der Waals surface area contributed by atoms with E-state index in [1.165, 1.54) is 6.07 Å². The molecule has 0 saturated carbocycles. The number of methoxy groups -OCH3 is 2. The van der Waals surface area contributed by atoms with Crippen molar-refractivity contribution in [2.45, 2.75) is 44.3 Å². The Balaban J connectivity index is 1.50. The minimum Gasteiger partial charge on any atom is -0.493 e. The average molecular weight is 540 g/mol. The normalized spacial score (nSPS) is 16.7. The first-order chi connectivity index (χ1) is 18.0. The van der Waals surface area contributed by atoms with Gasteiger partial charge in [-0.2, -0.15) is 8.42 Å². The maximum atomic E-state index is 13.2. The van der Waals surface area contributed by atoms with Gasteiger partial charge in [0, 0.05) is 24.8 Å². The molecule has 1 aromatic carbocycles. The first-order valence-electron chi connectivity index (χ1n) is 12.3. The fourth-order valence-corrected chi connectivity index (χ4v) is 5.76. The summed E-state index contributed by atoms with van der Waals surface area (Å²) in [6, 6.07) is 13.2. The molecule has 0 spiro atoms. The van der Waals surface area contributed by atoms with Crippen molar-refractivity contribution in [1.82, 2.24) is 14.7 Å². The van der Waals surface area contributed by atoms with Gasteiger partial charge < -0.3 is 19.7 Å². The van der Waals surface area contributed by atoms with Crippen LogP contribution in [-0.4, -0.2) is 50.6 Å². The van der Waals surface area contributed by atoms with Crippen molar-refractivity contribution in [1.29, 1.82) is 0 Å². The van der Waals surface area contributed by atoms with Crippen LogP contribution < -0.4 is 24.4 Å². The molecule has 0 bridgehead atoms. The van der Waals surface area contributed by atoms with Gasteiger partial charge >= 0.3 is 0 Å². The molecule has 1 atom stereocenters. The van der Waals surface area contributed by atoms with Crippen molar-refractivity contribution in [3.8, 4) is 11.5 Å². The van der Waals surface area contributed by atoms with Crippen LogP contribution in [0.25, 0.3) is 0 Å². The number of amides is 1. The van der Waals surface area contributed by atoms with E-state index in [0.29, 0.717) is 35.6 Å². The van der Waals surface area contributed by atoms with E-state index < -0.39 is 15.9 Å². The van der Waals surface area contributed by atoms with Crippen LogP contribution in [-0.2, 0) is 16.6 Å². The monoisotopic (exact) mass is 539 g/mol. The number of pyridine rings is 2. The number of aromatic nitrogens is 2. The molecule has 1 fully saturated rings. The van der Waals surface area contributed by atoms with E-state index >= 15 is 0 Å². The zero-order chi connectivity index (χ0) is 27.5. The lowest BCUT2D eigenvalue weighted by atomic mass is 9.97. The van der Waals surface area contributed by atoms with Crippen LogP contribution in [0.2, 0.25) is 0 Å². The minimum absolute atomic E-state index is 0.195. The number of nitrogens with one attached hydrogen (secondary N) is 2. The van der Waals surface area contributed by atoms with Gasteiger partial charge in [0.2, 0.25) is 0 Å². The Morgan fingerprint density at radius 3 is 2.55 bits per heavy atom. The summed E-state index contributed by atoms with van der Waals surface area (Å²) in [6.45, 7) is 7.42. The zero-order valence-corrected chi connectivity index (χ0v) is 23.0. The van der Waals surface area contributed by atoms with Gasteiger partial charge in [0.05, 0.1) is 19.8 Å². The quantitative estimate of drug-likeness (QED) is 0.417. The van der Waals surface area contributed by atoms with E-state index in [1.54, 1.807) is 50.7 Å². The molecule has 1 amide bonds. The van der Waals surface area contributed by atoms with Crippen molar-refractivity contribution in [3.05, 3.63) is 65.9 Å². The molecular weight excluding hydrogens is 506 g/mol. The number of rotatable bonds is 9. The fourth-order valence-electron chi connectivity index (χ4n) is 4.82. The van der Waals surface area contributed by atoms with Crippen LogP contribution in [0.5, 0.6) is 11.5 Å². The number of anilines is 2. The third-order valence-electron chi connectivity index (χ3n) is 6.51. The molecule has 202 valence electrons. The highest BCUT2D eigenvalue weighted by molar-refractivity contribution is 7.90. The van der Waals surface area contributed by atoms with Gasteiger partial charge in [-0.1, -0.05) is 19.1 Å². The van der Waals surface area contributed by atoms with Crippen molar-refractivity contribution in [3.63, 3.8) is 0 Å². The predicted octanol–water partition coefficient (Wildman–Crippen LogP) is 3.85. The number of benzene rings is 1. The van der Waals surface area contributed by atoms with Crippen LogP contribution in [0.15, 0.2) is 59.8 Å². The molecule has 3 heterocycles.